The van der Waals surface area contributed by atoms with Gasteiger partial charge in [-0.3, -0.25) is 4.79 Å². The molecule has 0 saturated carbocycles. The van der Waals surface area contributed by atoms with E-state index in [1.54, 1.807) is 13.8 Å². The Balaban J connectivity index is 3.07. The Morgan fingerprint density at radius 3 is 2.74 bits per heavy atom. The highest BCUT2D eigenvalue weighted by Gasteiger charge is 2.39. The lowest BCUT2D eigenvalue weighted by molar-refractivity contribution is -0.131. The lowest BCUT2D eigenvalue weighted by Crippen LogP contribution is -2.43. The fourth-order valence-corrected chi connectivity index (χ4v) is 2.11. The van der Waals surface area contributed by atoms with Crippen LogP contribution in [-0.4, -0.2) is 39.3 Å². The summed E-state index contributed by atoms with van der Waals surface area (Å²) in [7, 11) is 0. The third kappa shape index (κ3) is 3.62. The summed E-state index contributed by atoms with van der Waals surface area (Å²) in [5.41, 5.74) is -0.513. The van der Waals surface area contributed by atoms with E-state index in [2.05, 4.69) is 0 Å². The molecule has 2 atom stereocenters. The van der Waals surface area contributed by atoms with Crippen LogP contribution in [0, 0.1) is 5.92 Å². The average molecular weight is 266 g/mol. The van der Waals surface area contributed by atoms with E-state index in [0.717, 1.165) is 6.08 Å². The molecule has 0 aromatic rings. The topological polar surface area (TPSA) is 94.8 Å². The van der Waals surface area contributed by atoms with Crippen molar-refractivity contribution in [2.45, 2.75) is 25.9 Å². The average Bonchev–Trinajstić information content (AvgIpc) is 2.30. The zero-order valence-electron chi connectivity index (χ0n) is 11.0. The first-order chi connectivity index (χ1) is 8.79. The number of rotatable bonds is 4. The molecule has 3 N–H and O–H groups in total. The zero-order valence-corrected chi connectivity index (χ0v) is 11.0. The van der Waals surface area contributed by atoms with Crippen molar-refractivity contribution in [3.8, 4) is 0 Å². The minimum Gasteiger partial charge on any atom is -0.478 e. The lowest BCUT2D eigenvalue weighted by atomic mass is 9.74. The van der Waals surface area contributed by atoms with E-state index in [1.165, 1.54) is 18.2 Å². The molecule has 0 heterocycles. The molecule has 104 valence electrons. The van der Waals surface area contributed by atoms with Gasteiger partial charge >= 0.3 is 5.97 Å². The number of aliphatic carboxylic acids is 1. The van der Waals surface area contributed by atoms with Crippen molar-refractivity contribution in [1.29, 1.82) is 0 Å². The van der Waals surface area contributed by atoms with E-state index in [9.17, 15) is 19.8 Å². The van der Waals surface area contributed by atoms with E-state index in [4.69, 9.17) is 5.11 Å². The van der Waals surface area contributed by atoms with Gasteiger partial charge in [-0.15, -0.1) is 0 Å². The summed E-state index contributed by atoms with van der Waals surface area (Å²) in [6.45, 7) is 2.88. The summed E-state index contributed by atoms with van der Waals surface area (Å²) in [6, 6.07) is 0. The summed E-state index contributed by atoms with van der Waals surface area (Å²) in [6.07, 6.45) is 5.34. The highest BCUT2D eigenvalue weighted by Crippen LogP contribution is 2.34. The monoisotopic (exact) mass is 266 g/mol. The van der Waals surface area contributed by atoms with Crippen LogP contribution in [0.2, 0.25) is 0 Å². The molecule has 0 bridgehead atoms. The number of aliphatic hydroxyl groups is 2. The van der Waals surface area contributed by atoms with Gasteiger partial charge in [0, 0.05) is 25.0 Å². The van der Waals surface area contributed by atoms with Crippen LogP contribution in [0.3, 0.4) is 0 Å². The van der Waals surface area contributed by atoms with Crippen LogP contribution in [0.5, 0.6) is 0 Å². The Hall–Kier alpha value is -1.72. The van der Waals surface area contributed by atoms with Gasteiger partial charge in [0.25, 0.3) is 0 Å². The number of aliphatic hydroxyl groups excluding tert-OH is 1. The van der Waals surface area contributed by atoms with Gasteiger partial charge in [0.2, 0.25) is 0 Å². The maximum Gasteiger partial charge on any atom is 0.328 e. The SMILES string of the molecule is CC1=CC(=O)C[C@@H](CO)[C@@]1(O)/C=C/C(C)=C\C(=O)O. The number of ketones is 1. The minimum atomic E-state index is -1.42. The van der Waals surface area contributed by atoms with Gasteiger partial charge in [0.05, 0.1) is 0 Å². The van der Waals surface area contributed by atoms with Gasteiger partial charge in [-0.2, -0.15) is 0 Å². The smallest absolute Gasteiger partial charge is 0.328 e. The largest absolute Gasteiger partial charge is 0.478 e. The fourth-order valence-electron chi connectivity index (χ4n) is 2.11. The predicted octanol–water partition coefficient (Wildman–Crippen LogP) is 0.832. The molecule has 0 radical (unpaired) electrons. The summed E-state index contributed by atoms with van der Waals surface area (Å²) in [5.74, 6) is -1.81. The number of carboxylic acids is 1. The quantitative estimate of drug-likeness (QED) is 0.517. The highest BCUT2D eigenvalue weighted by atomic mass is 16.4. The predicted molar refractivity (Wildman–Crippen MR) is 69.4 cm³/mol. The van der Waals surface area contributed by atoms with Crippen LogP contribution in [-0.2, 0) is 9.59 Å². The first-order valence-electron chi connectivity index (χ1n) is 5.95. The Labute approximate surface area is 111 Å². The fraction of sp³-hybridized carbons (Fsp3) is 0.429. The second kappa shape index (κ2) is 5.95. The van der Waals surface area contributed by atoms with Crippen molar-refractivity contribution >= 4 is 11.8 Å². The maximum absolute atomic E-state index is 11.4. The molecule has 0 aromatic heterocycles. The van der Waals surface area contributed by atoms with Crippen molar-refractivity contribution in [3.63, 3.8) is 0 Å². The summed E-state index contributed by atoms with van der Waals surface area (Å²) >= 11 is 0. The molecule has 0 saturated heterocycles. The summed E-state index contributed by atoms with van der Waals surface area (Å²) in [4.78, 5) is 21.9. The van der Waals surface area contributed by atoms with Gasteiger partial charge in [-0.1, -0.05) is 6.08 Å². The first-order valence-corrected chi connectivity index (χ1v) is 5.95. The molecule has 0 aliphatic heterocycles. The summed E-state index contributed by atoms with van der Waals surface area (Å²) < 4.78 is 0. The molecule has 0 spiro atoms. The molecular formula is C14H18O5. The number of carbonyl (C=O) groups excluding carboxylic acids is 1. The van der Waals surface area contributed by atoms with E-state index in [0.29, 0.717) is 11.1 Å². The van der Waals surface area contributed by atoms with Crippen molar-refractivity contribution in [3.05, 3.63) is 35.5 Å². The van der Waals surface area contributed by atoms with Crippen LogP contribution in [0.4, 0.5) is 0 Å². The molecule has 0 fully saturated rings. The maximum atomic E-state index is 11.4. The minimum absolute atomic E-state index is 0.0658. The molecule has 5 nitrogen and oxygen atoms in total. The molecule has 0 aromatic carbocycles. The number of allylic oxidation sites excluding steroid dienone is 3. The van der Waals surface area contributed by atoms with Crippen LogP contribution in [0.25, 0.3) is 0 Å². The molecule has 1 rings (SSSR count). The van der Waals surface area contributed by atoms with Gasteiger partial charge in [-0.05, 0) is 37.1 Å². The van der Waals surface area contributed by atoms with Crippen LogP contribution in [0.1, 0.15) is 20.3 Å². The molecule has 19 heavy (non-hydrogen) atoms. The molecule has 0 amide bonds. The Morgan fingerprint density at radius 1 is 1.58 bits per heavy atom. The van der Waals surface area contributed by atoms with Gasteiger partial charge < -0.3 is 15.3 Å². The van der Waals surface area contributed by atoms with E-state index in [-0.39, 0.29) is 18.8 Å². The molecule has 1 aliphatic carbocycles. The Kier molecular flexibility index (Phi) is 4.80. The van der Waals surface area contributed by atoms with Crippen molar-refractivity contribution < 1.29 is 24.9 Å². The van der Waals surface area contributed by atoms with E-state index >= 15 is 0 Å². The third-order valence-corrected chi connectivity index (χ3v) is 3.25. The number of hydrogen-bond donors (Lipinski definition) is 3. The van der Waals surface area contributed by atoms with Crippen molar-refractivity contribution in [2.24, 2.45) is 5.92 Å². The third-order valence-electron chi connectivity index (χ3n) is 3.25. The first kappa shape index (κ1) is 15.3. The van der Waals surface area contributed by atoms with Crippen LogP contribution < -0.4 is 0 Å². The lowest BCUT2D eigenvalue weighted by Gasteiger charge is -2.36. The second-order valence-corrected chi connectivity index (χ2v) is 4.76. The standard InChI is InChI=1S/C14H18O5/c1-9(5-13(17)18)3-4-14(19)10(2)6-12(16)7-11(14)8-15/h3-6,11,15,19H,7-8H2,1-2H3,(H,17,18)/b4-3+,9-5-/t11-,14+/m0/s1. The number of hydrogen-bond acceptors (Lipinski definition) is 4. The van der Waals surface area contributed by atoms with Crippen LogP contribution >= 0.6 is 0 Å². The van der Waals surface area contributed by atoms with E-state index in [1.807, 2.05) is 0 Å². The second-order valence-electron chi connectivity index (χ2n) is 4.76. The van der Waals surface area contributed by atoms with E-state index < -0.39 is 17.5 Å². The van der Waals surface area contributed by atoms with Gasteiger partial charge in [0.1, 0.15) is 5.60 Å². The zero-order chi connectivity index (χ0) is 14.6. The number of carboxylic acid groups (broad SMARTS) is 1. The molecule has 1 aliphatic rings. The molecular weight excluding hydrogens is 248 g/mol. The Morgan fingerprint density at radius 2 is 2.21 bits per heavy atom. The molecule has 5 heteroatoms. The normalized spacial score (nSPS) is 28.6. The highest BCUT2D eigenvalue weighted by molar-refractivity contribution is 5.92. The van der Waals surface area contributed by atoms with Crippen molar-refractivity contribution in [2.75, 3.05) is 6.61 Å². The molecule has 0 unspecified atom stereocenters. The van der Waals surface area contributed by atoms with Gasteiger partial charge in [-0.25, -0.2) is 4.79 Å². The van der Waals surface area contributed by atoms with Crippen LogP contribution in [0.15, 0.2) is 35.5 Å². The Bertz CT molecular complexity index is 472. The number of carbonyl (C=O) groups is 2. The summed E-state index contributed by atoms with van der Waals surface area (Å²) in [5, 5.41) is 28.5. The van der Waals surface area contributed by atoms with Gasteiger partial charge in [0.15, 0.2) is 5.78 Å². The van der Waals surface area contributed by atoms with Crippen molar-refractivity contribution in [1.82, 2.24) is 0 Å².